The SMILES string of the molecule is O=C(O)c1ccnn1/C=C/c1ccccc1. The lowest BCUT2D eigenvalue weighted by Crippen LogP contribution is -2.04. The third-order valence-electron chi connectivity index (χ3n) is 2.10. The van der Waals surface area contributed by atoms with E-state index >= 15 is 0 Å². The van der Waals surface area contributed by atoms with E-state index in [4.69, 9.17) is 5.11 Å². The number of aromatic nitrogens is 2. The van der Waals surface area contributed by atoms with Crippen molar-refractivity contribution >= 4 is 18.2 Å². The van der Waals surface area contributed by atoms with E-state index in [-0.39, 0.29) is 5.69 Å². The van der Waals surface area contributed by atoms with Crippen molar-refractivity contribution in [1.82, 2.24) is 9.78 Å². The van der Waals surface area contributed by atoms with Crippen molar-refractivity contribution in [2.45, 2.75) is 0 Å². The number of aromatic carboxylic acids is 1. The summed E-state index contributed by atoms with van der Waals surface area (Å²) >= 11 is 0. The Hall–Kier alpha value is -2.36. The molecular weight excluding hydrogens is 204 g/mol. The Balaban J connectivity index is 2.24. The van der Waals surface area contributed by atoms with Crippen LogP contribution in [0.4, 0.5) is 0 Å². The lowest BCUT2D eigenvalue weighted by molar-refractivity contribution is 0.0687. The Morgan fingerprint density at radius 1 is 1.25 bits per heavy atom. The molecule has 16 heavy (non-hydrogen) atoms. The van der Waals surface area contributed by atoms with Crippen LogP contribution >= 0.6 is 0 Å². The molecule has 1 N–H and O–H groups in total. The van der Waals surface area contributed by atoms with Crippen molar-refractivity contribution in [2.24, 2.45) is 0 Å². The molecule has 2 rings (SSSR count). The highest BCUT2D eigenvalue weighted by molar-refractivity contribution is 5.86. The third kappa shape index (κ3) is 2.17. The van der Waals surface area contributed by atoms with Gasteiger partial charge in [-0.2, -0.15) is 5.10 Å². The minimum atomic E-state index is -0.991. The van der Waals surface area contributed by atoms with Crippen LogP contribution in [0, 0.1) is 0 Å². The largest absolute Gasteiger partial charge is 0.477 e. The predicted octanol–water partition coefficient (Wildman–Crippen LogP) is 2.21. The molecule has 1 aromatic carbocycles. The van der Waals surface area contributed by atoms with Crippen molar-refractivity contribution in [1.29, 1.82) is 0 Å². The summed E-state index contributed by atoms with van der Waals surface area (Å²) in [6, 6.07) is 11.1. The number of nitrogens with zero attached hydrogens (tertiary/aromatic N) is 2. The molecule has 0 spiro atoms. The van der Waals surface area contributed by atoms with Gasteiger partial charge in [-0.1, -0.05) is 30.3 Å². The molecule has 4 heteroatoms. The number of benzene rings is 1. The van der Waals surface area contributed by atoms with Crippen LogP contribution < -0.4 is 0 Å². The topological polar surface area (TPSA) is 55.1 Å². The molecule has 2 aromatic rings. The average Bonchev–Trinajstić information content (AvgIpc) is 2.76. The first-order valence-corrected chi connectivity index (χ1v) is 4.77. The average molecular weight is 214 g/mol. The van der Waals surface area contributed by atoms with E-state index in [1.165, 1.54) is 16.9 Å². The molecule has 0 aliphatic carbocycles. The van der Waals surface area contributed by atoms with Gasteiger partial charge in [-0.05, 0) is 17.7 Å². The van der Waals surface area contributed by atoms with E-state index in [0.29, 0.717) is 0 Å². The van der Waals surface area contributed by atoms with Gasteiger partial charge in [-0.3, -0.25) is 0 Å². The molecule has 0 radical (unpaired) electrons. The molecule has 0 aliphatic rings. The van der Waals surface area contributed by atoms with Crippen molar-refractivity contribution in [3.05, 3.63) is 53.9 Å². The van der Waals surface area contributed by atoms with Crippen LogP contribution in [-0.4, -0.2) is 20.9 Å². The first-order valence-electron chi connectivity index (χ1n) is 4.77. The summed E-state index contributed by atoms with van der Waals surface area (Å²) in [5.74, 6) is -0.991. The Kier molecular flexibility index (Phi) is 2.82. The van der Waals surface area contributed by atoms with E-state index in [1.54, 1.807) is 12.3 Å². The van der Waals surface area contributed by atoms with E-state index in [0.717, 1.165) is 5.56 Å². The highest BCUT2D eigenvalue weighted by Crippen LogP contribution is 2.04. The van der Waals surface area contributed by atoms with Gasteiger partial charge in [-0.25, -0.2) is 9.48 Å². The zero-order valence-corrected chi connectivity index (χ0v) is 8.45. The summed E-state index contributed by atoms with van der Waals surface area (Å²) in [6.07, 6.45) is 4.89. The van der Waals surface area contributed by atoms with Crippen molar-refractivity contribution in [2.75, 3.05) is 0 Å². The maximum absolute atomic E-state index is 10.8. The normalized spacial score (nSPS) is 10.8. The molecule has 0 fully saturated rings. The van der Waals surface area contributed by atoms with Gasteiger partial charge >= 0.3 is 5.97 Å². The summed E-state index contributed by atoms with van der Waals surface area (Å²) in [5.41, 5.74) is 1.14. The molecule has 0 saturated carbocycles. The molecule has 0 atom stereocenters. The second-order valence-corrected chi connectivity index (χ2v) is 3.19. The lowest BCUT2D eigenvalue weighted by atomic mass is 10.2. The van der Waals surface area contributed by atoms with Crippen LogP contribution in [-0.2, 0) is 0 Å². The Morgan fingerprint density at radius 3 is 2.69 bits per heavy atom. The van der Waals surface area contributed by atoms with Crippen LogP contribution in [0.5, 0.6) is 0 Å². The van der Waals surface area contributed by atoms with E-state index in [1.807, 2.05) is 30.3 Å². The smallest absolute Gasteiger partial charge is 0.354 e. The second-order valence-electron chi connectivity index (χ2n) is 3.19. The van der Waals surface area contributed by atoms with Crippen molar-refractivity contribution < 1.29 is 9.90 Å². The molecule has 4 nitrogen and oxygen atoms in total. The minimum absolute atomic E-state index is 0.146. The molecule has 0 saturated heterocycles. The van der Waals surface area contributed by atoms with Crippen LogP contribution in [0.15, 0.2) is 42.6 Å². The number of hydrogen-bond donors (Lipinski definition) is 1. The van der Waals surface area contributed by atoms with E-state index in [2.05, 4.69) is 5.10 Å². The summed E-state index contributed by atoms with van der Waals surface area (Å²) in [6.45, 7) is 0. The standard InChI is InChI=1S/C12H10N2O2/c15-12(16)11-6-8-13-14(11)9-7-10-4-2-1-3-5-10/h1-9H,(H,15,16)/b9-7+. The Labute approximate surface area is 92.5 Å². The fraction of sp³-hybridized carbons (Fsp3) is 0. The van der Waals surface area contributed by atoms with Crippen LogP contribution in [0.3, 0.4) is 0 Å². The summed E-state index contributed by atoms with van der Waals surface area (Å²) < 4.78 is 1.33. The van der Waals surface area contributed by atoms with Crippen molar-refractivity contribution in [3.8, 4) is 0 Å². The zero-order valence-electron chi connectivity index (χ0n) is 8.45. The summed E-state index contributed by atoms with van der Waals surface area (Å²) in [7, 11) is 0. The van der Waals surface area contributed by atoms with Gasteiger partial charge in [0.2, 0.25) is 0 Å². The third-order valence-corrected chi connectivity index (χ3v) is 2.10. The monoisotopic (exact) mass is 214 g/mol. The van der Waals surface area contributed by atoms with Gasteiger partial charge in [0.15, 0.2) is 5.69 Å². The summed E-state index contributed by atoms with van der Waals surface area (Å²) in [5, 5.41) is 12.8. The Morgan fingerprint density at radius 2 is 2.00 bits per heavy atom. The number of carboxylic acids is 1. The number of carboxylic acid groups (broad SMARTS) is 1. The van der Waals surface area contributed by atoms with Crippen molar-refractivity contribution in [3.63, 3.8) is 0 Å². The first-order chi connectivity index (χ1) is 7.77. The Bertz CT molecular complexity index is 515. The molecule has 0 aliphatic heterocycles. The van der Waals surface area contributed by atoms with Crippen LogP contribution in [0.2, 0.25) is 0 Å². The minimum Gasteiger partial charge on any atom is -0.477 e. The van der Waals surface area contributed by atoms with E-state index < -0.39 is 5.97 Å². The van der Waals surface area contributed by atoms with Gasteiger partial charge in [0, 0.05) is 6.20 Å². The predicted molar refractivity (Wildman–Crippen MR) is 60.9 cm³/mol. The lowest BCUT2D eigenvalue weighted by Gasteiger charge is -1.96. The van der Waals surface area contributed by atoms with Crippen LogP contribution in [0.1, 0.15) is 16.1 Å². The van der Waals surface area contributed by atoms with Gasteiger partial charge in [-0.15, -0.1) is 0 Å². The van der Waals surface area contributed by atoms with Gasteiger partial charge in [0.25, 0.3) is 0 Å². The maximum atomic E-state index is 10.8. The zero-order chi connectivity index (χ0) is 11.4. The van der Waals surface area contributed by atoms with Gasteiger partial charge in [0.05, 0.1) is 6.20 Å². The molecule has 0 unspecified atom stereocenters. The maximum Gasteiger partial charge on any atom is 0.354 e. The fourth-order valence-electron chi connectivity index (χ4n) is 1.32. The molecule has 0 bridgehead atoms. The number of rotatable bonds is 3. The van der Waals surface area contributed by atoms with Gasteiger partial charge < -0.3 is 5.11 Å². The summed E-state index contributed by atoms with van der Waals surface area (Å²) in [4.78, 5) is 10.8. The van der Waals surface area contributed by atoms with E-state index in [9.17, 15) is 4.79 Å². The highest BCUT2D eigenvalue weighted by Gasteiger charge is 2.06. The van der Waals surface area contributed by atoms with Crippen LogP contribution in [0.25, 0.3) is 12.3 Å². The molecule has 1 aromatic heterocycles. The fourth-order valence-corrected chi connectivity index (χ4v) is 1.32. The molecule has 1 heterocycles. The second kappa shape index (κ2) is 4.44. The molecular formula is C12H10N2O2. The highest BCUT2D eigenvalue weighted by atomic mass is 16.4. The number of carbonyl (C=O) groups is 1. The van der Waals surface area contributed by atoms with Gasteiger partial charge in [0.1, 0.15) is 0 Å². The quantitative estimate of drug-likeness (QED) is 0.852. The molecule has 80 valence electrons. The molecule has 0 amide bonds. The number of hydrogen-bond acceptors (Lipinski definition) is 2. The first kappa shape index (κ1) is 10.2.